The zero-order valence-corrected chi connectivity index (χ0v) is 17.5. The van der Waals surface area contributed by atoms with Gasteiger partial charge in [-0.05, 0) is 59.1 Å². The maximum Gasteiger partial charge on any atom is 0.407 e. The molecule has 160 valence electrons. The molecule has 0 radical (unpaired) electrons. The van der Waals surface area contributed by atoms with Crippen LogP contribution in [0.1, 0.15) is 57.3 Å². The summed E-state index contributed by atoms with van der Waals surface area (Å²) in [5.41, 5.74) is 0.255. The van der Waals surface area contributed by atoms with Gasteiger partial charge in [0.2, 0.25) is 0 Å². The number of benzene rings is 1. The number of carbonyl (C=O) groups is 2. The highest BCUT2D eigenvalue weighted by Crippen LogP contribution is 2.35. The number of ether oxygens (including phenoxy) is 2. The zero-order valence-electron chi connectivity index (χ0n) is 17.5. The van der Waals surface area contributed by atoms with Gasteiger partial charge in [0.25, 0.3) is 0 Å². The number of alkyl carbamates (subject to hydrolysis) is 1. The highest BCUT2D eigenvalue weighted by Gasteiger charge is 2.31. The fourth-order valence-electron chi connectivity index (χ4n) is 3.33. The van der Waals surface area contributed by atoms with E-state index in [0.29, 0.717) is 25.2 Å². The minimum atomic E-state index is -0.569. The van der Waals surface area contributed by atoms with E-state index in [4.69, 9.17) is 9.47 Å². The summed E-state index contributed by atoms with van der Waals surface area (Å²) < 4.78 is 25.7. The number of nitrogens with zero attached hydrogens (tertiary/aromatic N) is 1. The fourth-order valence-corrected chi connectivity index (χ4v) is 3.33. The quantitative estimate of drug-likeness (QED) is 0.701. The van der Waals surface area contributed by atoms with E-state index in [0.717, 1.165) is 12.8 Å². The van der Waals surface area contributed by atoms with Crippen LogP contribution in [0, 0.1) is 5.82 Å². The number of nitrogens with one attached hydrogen (secondary N) is 2. The predicted octanol–water partition coefficient (Wildman–Crippen LogP) is 3.68. The van der Waals surface area contributed by atoms with E-state index in [1.807, 2.05) is 25.7 Å². The van der Waals surface area contributed by atoms with Crippen LogP contribution < -0.4 is 15.5 Å². The Kier molecular flexibility index (Phi) is 6.19. The van der Waals surface area contributed by atoms with Crippen molar-refractivity contribution in [3.8, 4) is 0 Å². The first kappa shape index (κ1) is 21.2. The van der Waals surface area contributed by atoms with Gasteiger partial charge in [-0.25, -0.2) is 14.0 Å². The average Bonchev–Trinajstić information content (AvgIpc) is 3.32. The van der Waals surface area contributed by atoms with E-state index < -0.39 is 23.5 Å². The first-order chi connectivity index (χ1) is 13.7. The third-order valence-corrected chi connectivity index (χ3v) is 4.79. The molecule has 1 amide bonds. The van der Waals surface area contributed by atoms with Crippen molar-refractivity contribution in [2.24, 2.45) is 0 Å². The summed E-state index contributed by atoms with van der Waals surface area (Å²) in [6, 6.07) is 3.27. The summed E-state index contributed by atoms with van der Waals surface area (Å²) in [6.45, 7) is 8.44. The summed E-state index contributed by atoms with van der Waals surface area (Å²) in [5, 5.41) is 5.98. The Hall–Kier alpha value is -2.51. The van der Waals surface area contributed by atoms with E-state index in [2.05, 4.69) is 10.6 Å². The van der Waals surface area contributed by atoms with Crippen LogP contribution in [0.4, 0.5) is 20.6 Å². The minimum Gasteiger partial charge on any atom is -0.462 e. The summed E-state index contributed by atoms with van der Waals surface area (Å²) >= 11 is 0. The van der Waals surface area contributed by atoms with Crippen molar-refractivity contribution >= 4 is 23.4 Å². The maximum absolute atomic E-state index is 15.4. The molecular weight excluding hydrogens is 377 g/mol. The van der Waals surface area contributed by atoms with Crippen LogP contribution in [0.3, 0.4) is 0 Å². The van der Waals surface area contributed by atoms with Crippen LogP contribution in [0.5, 0.6) is 0 Å². The molecule has 0 bridgehead atoms. The molecule has 1 saturated carbocycles. The third kappa shape index (κ3) is 5.52. The lowest BCUT2D eigenvalue weighted by Gasteiger charge is -2.23. The molecule has 3 rings (SSSR count). The normalized spacial score (nSPS) is 19.1. The molecule has 1 atom stereocenters. The Balaban J connectivity index is 1.73. The summed E-state index contributed by atoms with van der Waals surface area (Å²) in [6.07, 6.45) is 2.12. The maximum atomic E-state index is 15.4. The van der Waals surface area contributed by atoms with E-state index in [-0.39, 0.29) is 29.9 Å². The van der Waals surface area contributed by atoms with Gasteiger partial charge in [-0.15, -0.1) is 0 Å². The summed E-state index contributed by atoms with van der Waals surface area (Å²) in [7, 11) is 0. The second-order valence-corrected chi connectivity index (χ2v) is 8.54. The smallest absolute Gasteiger partial charge is 0.407 e. The largest absolute Gasteiger partial charge is 0.462 e. The number of amides is 1. The van der Waals surface area contributed by atoms with Gasteiger partial charge in [0, 0.05) is 19.1 Å². The molecule has 1 unspecified atom stereocenters. The van der Waals surface area contributed by atoms with E-state index in [9.17, 15) is 9.59 Å². The summed E-state index contributed by atoms with van der Waals surface area (Å²) in [4.78, 5) is 26.1. The predicted molar refractivity (Wildman–Crippen MR) is 109 cm³/mol. The highest BCUT2D eigenvalue weighted by molar-refractivity contribution is 5.97. The molecule has 2 fully saturated rings. The van der Waals surface area contributed by atoms with Crippen molar-refractivity contribution in [3.63, 3.8) is 0 Å². The third-order valence-electron chi connectivity index (χ3n) is 4.79. The molecule has 29 heavy (non-hydrogen) atoms. The second kappa shape index (κ2) is 8.47. The first-order valence-electron chi connectivity index (χ1n) is 10.2. The standard InChI is InChI=1S/C21H30FN3O4/c1-5-28-19(26)15-8-9-16(17(22)18(15)23-13-6-7-13)25-11-10-14(12-25)24-20(27)29-21(2,3)4/h8-9,13-14,23H,5-7,10-12H2,1-4H3,(H,24,27). The van der Waals surface area contributed by atoms with Gasteiger partial charge >= 0.3 is 12.1 Å². The van der Waals surface area contributed by atoms with Crippen molar-refractivity contribution < 1.29 is 23.5 Å². The fraction of sp³-hybridized carbons (Fsp3) is 0.619. The number of esters is 1. The van der Waals surface area contributed by atoms with Gasteiger partial charge in [-0.1, -0.05) is 0 Å². The Morgan fingerprint density at radius 3 is 2.55 bits per heavy atom. The Labute approximate surface area is 170 Å². The first-order valence-corrected chi connectivity index (χ1v) is 10.2. The van der Waals surface area contributed by atoms with Crippen molar-refractivity contribution in [2.45, 2.75) is 64.6 Å². The molecule has 1 aliphatic carbocycles. The molecule has 8 heteroatoms. The Bertz CT molecular complexity index is 774. The van der Waals surface area contributed by atoms with Gasteiger partial charge in [0.15, 0.2) is 5.82 Å². The van der Waals surface area contributed by atoms with Crippen molar-refractivity contribution in [3.05, 3.63) is 23.5 Å². The van der Waals surface area contributed by atoms with E-state index in [1.165, 1.54) is 0 Å². The SMILES string of the molecule is CCOC(=O)c1ccc(N2CCC(NC(=O)OC(C)(C)C)C2)c(F)c1NC1CC1. The lowest BCUT2D eigenvalue weighted by molar-refractivity contribution is 0.0504. The number of hydrogen-bond donors (Lipinski definition) is 2. The lowest BCUT2D eigenvalue weighted by Crippen LogP contribution is -2.40. The zero-order chi connectivity index (χ0) is 21.2. The van der Waals surface area contributed by atoms with E-state index >= 15 is 4.39 Å². The average molecular weight is 407 g/mol. The molecule has 1 aromatic carbocycles. The number of anilines is 2. The number of carbonyl (C=O) groups excluding carboxylic acids is 2. The molecule has 1 saturated heterocycles. The molecular formula is C21H30FN3O4. The Morgan fingerprint density at radius 1 is 1.21 bits per heavy atom. The van der Waals surface area contributed by atoms with Gasteiger partial charge < -0.3 is 25.0 Å². The van der Waals surface area contributed by atoms with Gasteiger partial charge in [-0.2, -0.15) is 0 Å². The number of halogens is 1. The monoisotopic (exact) mass is 407 g/mol. The van der Waals surface area contributed by atoms with Gasteiger partial charge in [-0.3, -0.25) is 0 Å². The van der Waals surface area contributed by atoms with Crippen LogP contribution in [-0.2, 0) is 9.47 Å². The molecule has 1 heterocycles. The molecule has 0 spiro atoms. The van der Waals surface area contributed by atoms with Crippen molar-refractivity contribution in [2.75, 3.05) is 29.9 Å². The minimum absolute atomic E-state index is 0.131. The van der Waals surface area contributed by atoms with Crippen LogP contribution in [0.15, 0.2) is 12.1 Å². The second-order valence-electron chi connectivity index (χ2n) is 8.54. The van der Waals surface area contributed by atoms with Crippen LogP contribution in [0.2, 0.25) is 0 Å². The molecule has 2 aliphatic rings. The number of hydrogen-bond acceptors (Lipinski definition) is 6. The van der Waals surface area contributed by atoms with Crippen LogP contribution >= 0.6 is 0 Å². The van der Waals surface area contributed by atoms with Crippen molar-refractivity contribution in [1.29, 1.82) is 0 Å². The summed E-state index contributed by atoms with van der Waals surface area (Å²) in [5.74, 6) is -0.993. The van der Waals surface area contributed by atoms with Gasteiger partial charge in [0.05, 0.1) is 29.6 Å². The number of rotatable bonds is 6. The Morgan fingerprint density at radius 2 is 1.93 bits per heavy atom. The molecule has 2 N–H and O–H groups in total. The van der Waals surface area contributed by atoms with Crippen molar-refractivity contribution in [1.82, 2.24) is 5.32 Å². The highest BCUT2D eigenvalue weighted by atomic mass is 19.1. The topological polar surface area (TPSA) is 79.9 Å². The molecule has 7 nitrogen and oxygen atoms in total. The van der Waals surface area contributed by atoms with Crippen LogP contribution in [-0.4, -0.2) is 49.4 Å². The van der Waals surface area contributed by atoms with Gasteiger partial charge in [0.1, 0.15) is 5.60 Å². The lowest BCUT2D eigenvalue weighted by atomic mass is 10.1. The molecule has 0 aromatic heterocycles. The molecule has 1 aliphatic heterocycles. The van der Waals surface area contributed by atoms with E-state index in [1.54, 1.807) is 19.1 Å². The van der Waals surface area contributed by atoms with Crippen LogP contribution in [0.25, 0.3) is 0 Å². The molecule has 1 aromatic rings.